The molecule has 4 aromatic rings. The van der Waals surface area contributed by atoms with Gasteiger partial charge in [-0.15, -0.1) is 0 Å². The fourth-order valence-electron chi connectivity index (χ4n) is 4.95. The van der Waals surface area contributed by atoms with Crippen LogP contribution in [-0.2, 0) is 16.0 Å². The Bertz CT molecular complexity index is 1830. The molecule has 2 amide bonds. The number of rotatable bonds is 14. The molecule has 0 aliphatic carbocycles. The van der Waals surface area contributed by atoms with Crippen molar-refractivity contribution in [3.63, 3.8) is 0 Å². The zero-order chi connectivity index (χ0) is 35.9. The van der Waals surface area contributed by atoms with E-state index in [1.54, 1.807) is 24.4 Å². The molecule has 1 heterocycles. The number of imidazole rings is 1. The van der Waals surface area contributed by atoms with Gasteiger partial charge in [-0.25, -0.2) is 23.4 Å². The number of urea groups is 1. The van der Waals surface area contributed by atoms with Crippen molar-refractivity contribution < 1.29 is 28.2 Å². The molecule has 0 saturated heterocycles. The molecule has 49 heavy (non-hydrogen) atoms. The van der Waals surface area contributed by atoms with E-state index >= 15 is 4.39 Å². The molecule has 3 aromatic carbocycles. The van der Waals surface area contributed by atoms with E-state index in [1.165, 1.54) is 37.1 Å². The molecule has 0 aliphatic heterocycles. The number of benzene rings is 3. The van der Waals surface area contributed by atoms with Gasteiger partial charge in [-0.05, 0) is 66.9 Å². The summed E-state index contributed by atoms with van der Waals surface area (Å²) in [7, 11) is 1.53. The topological polar surface area (TPSA) is 170 Å². The van der Waals surface area contributed by atoms with Crippen molar-refractivity contribution in [2.75, 3.05) is 19.0 Å². The molecule has 0 fully saturated rings. The summed E-state index contributed by atoms with van der Waals surface area (Å²) in [4.78, 5) is 32.6. The number of guanidine groups is 1. The highest BCUT2D eigenvalue weighted by Crippen LogP contribution is 2.40. The molecule has 16 heteroatoms. The lowest BCUT2D eigenvalue weighted by Gasteiger charge is -2.28. The number of thioether (sulfide) groups is 1. The molecule has 0 saturated carbocycles. The van der Waals surface area contributed by atoms with Crippen LogP contribution >= 0.6 is 35.0 Å². The molecule has 4 rings (SSSR count). The van der Waals surface area contributed by atoms with Gasteiger partial charge >= 0.3 is 12.0 Å². The van der Waals surface area contributed by atoms with Gasteiger partial charge in [0.15, 0.2) is 11.1 Å². The lowest BCUT2D eigenvalue weighted by molar-refractivity contribution is -0.139. The van der Waals surface area contributed by atoms with E-state index < -0.39 is 35.1 Å². The van der Waals surface area contributed by atoms with Crippen LogP contribution in [-0.4, -0.2) is 52.3 Å². The predicted octanol–water partition coefficient (Wildman–Crippen LogP) is 6.71. The average molecular weight is 735 g/mol. The Kier molecular flexibility index (Phi) is 12.4. The van der Waals surface area contributed by atoms with Crippen molar-refractivity contribution in [1.82, 2.24) is 14.9 Å². The van der Waals surface area contributed by atoms with E-state index in [2.05, 4.69) is 20.6 Å². The van der Waals surface area contributed by atoms with Gasteiger partial charge in [0.05, 0.1) is 24.0 Å². The molecular formula is C33H35Cl2F2N7O4S. The van der Waals surface area contributed by atoms with Crippen molar-refractivity contribution in [1.29, 1.82) is 0 Å². The number of carbonyl (C=O) groups is 2. The smallest absolute Gasteiger partial charge is 0.326 e. The number of methoxy groups -OCH3 is 1. The largest absolute Gasteiger partial charge is 0.495 e. The van der Waals surface area contributed by atoms with E-state index in [0.29, 0.717) is 28.0 Å². The molecule has 0 spiro atoms. The zero-order valence-electron chi connectivity index (χ0n) is 26.8. The minimum Gasteiger partial charge on any atom is -0.495 e. The van der Waals surface area contributed by atoms with Crippen LogP contribution in [0.4, 0.5) is 19.3 Å². The molecule has 0 aliphatic rings. The first-order valence-corrected chi connectivity index (χ1v) is 16.6. The van der Waals surface area contributed by atoms with Gasteiger partial charge in [0, 0.05) is 39.7 Å². The maximum atomic E-state index is 15.4. The summed E-state index contributed by atoms with van der Waals surface area (Å²) in [5.41, 5.74) is 12.4. The van der Waals surface area contributed by atoms with Crippen molar-refractivity contribution in [3.8, 4) is 11.4 Å². The number of carboxylic acid groups (broad SMARTS) is 1. The Labute approximate surface area is 296 Å². The maximum Gasteiger partial charge on any atom is 0.326 e. The zero-order valence-corrected chi connectivity index (χ0v) is 29.1. The van der Waals surface area contributed by atoms with Crippen molar-refractivity contribution in [3.05, 3.63) is 99.3 Å². The number of nitrogens with two attached hydrogens (primary N) is 2. The molecule has 1 unspecified atom stereocenters. The van der Waals surface area contributed by atoms with Gasteiger partial charge in [-0.2, -0.15) is 0 Å². The molecule has 0 radical (unpaired) electrons. The summed E-state index contributed by atoms with van der Waals surface area (Å²) in [5, 5.41) is 15.2. The molecular weight excluding hydrogens is 699 g/mol. The number of amides is 2. The number of aliphatic imine (C=N–C) groups is 1. The third kappa shape index (κ3) is 9.34. The predicted molar refractivity (Wildman–Crippen MR) is 188 cm³/mol. The normalized spacial score (nSPS) is 11.9. The summed E-state index contributed by atoms with van der Waals surface area (Å²) in [6.07, 6.45) is 2.07. The highest BCUT2D eigenvalue weighted by Gasteiger charge is 2.30. The van der Waals surface area contributed by atoms with Crippen LogP contribution in [0.2, 0.25) is 10.0 Å². The van der Waals surface area contributed by atoms with Crippen LogP contribution < -0.4 is 26.8 Å². The fraction of sp³-hybridized carbons (Fsp3) is 0.273. The second kappa shape index (κ2) is 16.2. The Morgan fingerprint density at radius 3 is 2.45 bits per heavy atom. The maximum absolute atomic E-state index is 15.4. The van der Waals surface area contributed by atoms with E-state index in [0.717, 1.165) is 17.3 Å². The highest BCUT2D eigenvalue weighted by molar-refractivity contribution is 7.98. The summed E-state index contributed by atoms with van der Waals surface area (Å²) >= 11 is 14.0. The number of nitrogens with one attached hydrogen (secondary N) is 2. The first-order valence-electron chi connectivity index (χ1n) is 14.9. The number of aromatic nitrogens is 2. The Balaban J connectivity index is 1.55. The monoisotopic (exact) mass is 733 g/mol. The number of halogens is 4. The lowest BCUT2D eigenvalue weighted by atomic mass is 9.81. The van der Waals surface area contributed by atoms with Gasteiger partial charge in [0.1, 0.15) is 23.4 Å². The standard InChI is InChI=1S/C33H35Cl2F2N7O4S/c1-33(2,18-6-11-23(34)27(13-18)48-3)28-16-41-32(44(28)21-9-7-19(36)8-10-21)49-17-22-24(35)14-20(15-25(22)37)42-31(47)43-26(29(45)46)5-4-12-40-30(38)39/h6-11,13-16,26H,4-5,12,17H2,1-3H3,(H,45,46)(H4,38,39,40)(H2,42,43,47). The van der Waals surface area contributed by atoms with Crippen LogP contribution in [0.1, 0.15) is 43.5 Å². The second-order valence-corrected chi connectivity index (χ2v) is 13.1. The molecule has 7 N–H and O–H groups in total. The number of nitrogens with zero attached hydrogens (tertiary/aromatic N) is 3. The number of carboxylic acids is 1. The molecule has 1 atom stereocenters. The van der Waals surface area contributed by atoms with Gasteiger partial charge < -0.3 is 31.9 Å². The first kappa shape index (κ1) is 37.3. The summed E-state index contributed by atoms with van der Waals surface area (Å²) in [6, 6.07) is 11.8. The van der Waals surface area contributed by atoms with Crippen molar-refractivity contribution >= 4 is 58.6 Å². The van der Waals surface area contributed by atoms with Gasteiger partial charge in [-0.1, -0.05) is 54.9 Å². The van der Waals surface area contributed by atoms with Gasteiger partial charge in [0.2, 0.25) is 0 Å². The van der Waals surface area contributed by atoms with Crippen LogP contribution in [0, 0.1) is 11.6 Å². The Morgan fingerprint density at radius 2 is 1.82 bits per heavy atom. The van der Waals surface area contributed by atoms with E-state index in [-0.39, 0.29) is 41.0 Å². The molecule has 260 valence electrons. The minimum atomic E-state index is -1.25. The van der Waals surface area contributed by atoms with E-state index in [4.69, 9.17) is 39.4 Å². The van der Waals surface area contributed by atoms with Crippen LogP contribution in [0.25, 0.3) is 5.69 Å². The number of hydrogen-bond acceptors (Lipinski definition) is 6. The van der Waals surface area contributed by atoms with Crippen LogP contribution in [0.15, 0.2) is 70.9 Å². The third-order valence-electron chi connectivity index (χ3n) is 7.62. The highest BCUT2D eigenvalue weighted by atomic mass is 35.5. The second-order valence-electron chi connectivity index (χ2n) is 11.4. The number of aliphatic carboxylic acids is 1. The number of carbonyl (C=O) groups excluding carboxylic acids is 1. The molecule has 11 nitrogen and oxygen atoms in total. The summed E-state index contributed by atoms with van der Waals surface area (Å²) < 4.78 is 36.6. The molecule has 0 bridgehead atoms. The third-order valence-corrected chi connectivity index (χ3v) is 9.25. The van der Waals surface area contributed by atoms with Crippen molar-refractivity contribution in [2.24, 2.45) is 16.5 Å². The fourth-order valence-corrected chi connectivity index (χ4v) is 6.53. The summed E-state index contributed by atoms with van der Waals surface area (Å²) in [6.45, 7) is 4.20. The minimum absolute atomic E-state index is 0.0219. The quantitative estimate of drug-likeness (QED) is 0.0412. The Morgan fingerprint density at radius 1 is 1.10 bits per heavy atom. The van der Waals surface area contributed by atoms with Gasteiger partial charge in [0.25, 0.3) is 0 Å². The Hall–Kier alpha value is -4.53. The SMILES string of the molecule is COc1cc(C(C)(C)c2cnc(SCc3c(F)cc(NC(=O)NC(CCCN=C(N)N)C(=O)O)cc3Cl)n2-c2ccc(F)cc2)ccc1Cl. The number of hydrogen-bond donors (Lipinski definition) is 5. The lowest BCUT2D eigenvalue weighted by Crippen LogP contribution is -2.43. The van der Waals surface area contributed by atoms with Crippen LogP contribution in [0.3, 0.4) is 0 Å². The average Bonchev–Trinajstić information content (AvgIpc) is 3.47. The number of ether oxygens (including phenoxy) is 1. The molecule has 1 aromatic heterocycles. The van der Waals surface area contributed by atoms with Crippen molar-refractivity contribution in [2.45, 2.75) is 49.1 Å². The number of anilines is 1. The van der Waals surface area contributed by atoms with E-state index in [9.17, 15) is 19.1 Å². The summed E-state index contributed by atoms with van der Waals surface area (Å²) in [5.74, 6) is -1.91. The van der Waals surface area contributed by atoms with Gasteiger partial charge in [-0.3, -0.25) is 9.56 Å². The van der Waals surface area contributed by atoms with E-state index in [1.807, 2.05) is 30.5 Å². The first-order chi connectivity index (χ1) is 23.2. The van der Waals surface area contributed by atoms with Crippen LogP contribution in [0.5, 0.6) is 5.75 Å².